The minimum absolute atomic E-state index is 0.298. The second-order valence-electron chi connectivity index (χ2n) is 4.54. The van der Waals surface area contributed by atoms with Gasteiger partial charge in [-0.3, -0.25) is 14.9 Å². The van der Waals surface area contributed by atoms with Crippen LogP contribution in [0.3, 0.4) is 0 Å². The van der Waals surface area contributed by atoms with Crippen LogP contribution in [0.15, 0.2) is 36.4 Å². The molecule has 0 aliphatic carbocycles. The first-order valence-corrected chi connectivity index (χ1v) is 6.35. The molecular formula is C15H9ClFNO2. The Hall–Kier alpha value is -2.20. The Bertz CT molecular complexity index is 743. The van der Waals surface area contributed by atoms with Gasteiger partial charge in [-0.25, -0.2) is 4.39 Å². The number of hydrogen-bond acceptors (Lipinski definition) is 2. The molecule has 0 bridgehead atoms. The fourth-order valence-corrected chi connectivity index (χ4v) is 2.54. The second-order valence-corrected chi connectivity index (χ2v) is 4.94. The van der Waals surface area contributed by atoms with Crippen molar-refractivity contribution in [2.24, 2.45) is 0 Å². The molecule has 100 valence electrons. The van der Waals surface area contributed by atoms with Crippen molar-refractivity contribution in [1.82, 2.24) is 5.32 Å². The molecule has 0 unspecified atom stereocenters. The number of hydrogen-bond donors (Lipinski definition) is 1. The van der Waals surface area contributed by atoms with Crippen LogP contribution in [0, 0.1) is 5.82 Å². The van der Waals surface area contributed by atoms with Crippen molar-refractivity contribution in [1.29, 1.82) is 0 Å². The van der Waals surface area contributed by atoms with Gasteiger partial charge in [0, 0.05) is 5.02 Å². The zero-order valence-corrected chi connectivity index (χ0v) is 11.0. The summed E-state index contributed by atoms with van der Waals surface area (Å²) in [6.45, 7) is 0. The zero-order chi connectivity index (χ0) is 14.3. The zero-order valence-electron chi connectivity index (χ0n) is 10.2. The van der Waals surface area contributed by atoms with E-state index >= 15 is 0 Å². The van der Waals surface area contributed by atoms with Crippen molar-refractivity contribution in [2.45, 2.75) is 6.42 Å². The van der Waals surface area contributed by atoms with Crippen LogP contribution in [0.25, 0.3) is 0 Å². The summed E-state index contributed by atoms with van der Waals surface area (Å²) in [6.07, 6.45) is 0.364. The quantitative estimate of drug-likeness (QED) is 0.864. The monoisotopic (exact) mass is 289 g/mol. The molecule has 2 amide bonds. The normalized spacial score (nSPS) is 13.3. The number of nitrogens with one attached hydrogen (secondary N) is 1. The van der Waals surface area contributed by atoms with Crippen molar-refractivity contribution >= 4 is 23.4 Å². The van der Waals surface area contributed by atoms with E-state index in [0.717, 1.165) is 0 Å². The molecule has 1 aliphatic rings. The summed E-state index contributed by atoms with van der Waals surface area (Å²) >= 11 is 5.99. The topological polar surface area (TPSA) is 46.2 Å². The van der Waals surface area contributed by atoms with Gasteiger partial charge >= 0.3 is 0 Å². The highest BCUT2D eigenvalue weighted by atomic mass is 35.5. The van der Waals surface area contributed by atoms with E-state index in [4.69, 9.17) is 11.6 Å². The summed E-state index contributed by atoms with van der Waals surface area (Å²) in [5.74, 6) is -1.21. The van der Waals surface area contributed by atoms with E-state index in [1.165, 1.54) is 12.1 Å². The van der Waals surface area contributed by atoms with E-state index in [9.17, 15) is 14.0 Å². The number of benzene rings is 2. The van der Waals surface area contributed by atoms with Crippen LogP contribution in [-0.4, -0.2) is 11.8 Å². The predicted octanol–water partition coefficient (Wildman–Crippen LogP) is 2.95. The summed E-state index contributed by atoms with van der Waals surface area (Å²) in [4.78, 5) is 23.4. The summed E-state index contributed by atoms with van der Waals surface area (Å²) in [5, 5.41) is 2.56. The molecule has 5 heteroatoms. The van der Waals surface area contributed by atoms with E-state index in [0.29, 0.717) is 33.7 Å². The van der Waals surface area contributed by atoms with Gasteiger partial charge < -0.3 is 0 Å². The number of imide groups is 1. The Morgan fingerprint density at radius 1 is 1.05 bits per heavy atom. The Kier molecular flexibility index (Phi) is 3.03. The third-order valence-corrected chi connectivity index (χ3v) is 3.60. The van der Waals surface area contributed by atoms with E-state index in [-0.39, 0.29) is 0 Å². The molecule has 3 rings (SSSR count). The van der Waals surface area contributed by atoms with Crippen LogP contribution in [-0.2, 0) is 6.42 Å². The first-order chi connectivity index (χ1) is 9.56. The lowest BCUT2D eigenvalue weighted by Crippen LogP contribution is -2.20. The molecule has 0 saturated carbocycles. The molecule has 0 saturated heterocycles. The van der Waals surface area contributed by atoms with Gasteiger partial charge in [-0.2, -0.15) is 0 Å². The lowest BCUT2D eigenvalue weighted by Gasteiger charge is -2.07. The number of halogens is 2. The Labute approximate surface area is 119 Å². The molecule has 0 aromatic heterocycles. The molecule has 0 spiro atoms. The lowest BCUT2D eigenvalue weighted by atomic mass is 9.97. The number of fused-ring (bicyclic) bond motifs is 1. The minimum Gasteiger partial charge on any atom is -0.288 e. The van der Waals surface area contributed by atoms with Gasteiger partial charge in [0.15, 0.2) is 0 Å². The highest BCUT2D eigenvalue weighted by Gasteiger charge is 2.29. The third kappa shape index (κ3) is 2.08. The maximum Gasteiger partial charge on any atom is 0.259 e. The summed E-state index contributed by atoms with van der Waals surface area (Å²) in [5.41, 5.74) is 2.14. The molecular weight excluding hydrogens is 281 g/mol. The van der Waals surface area contributed by atoms with E-state index in [1.54, 1.807) is 24.3 Å². The average Bonchev–Trinajstić information content (AvgIpc) is 2.69. The number of amides is 2. The fraction of sp³-hybridized carbons (Fsp3) is 0.0667. The standard InChI is InChI=1S/C15H9ClFNO2/c16-12-7-10(17)5-4-8(12)6-9-2-1-3-11-13(9)15(20)18-14(11)19/h1-5,7H,6H2,(H,18,19,20). The predicted molar refractivity (Wildman–Crippen MR) is 72.5 cm³/mol. The number of rotatable bonds is 2. The maximum atomic E-state index is 13.0. The Morgan fingerprint density at radius 3 is 2.60 bits per heavy atom. The first kappa shape index (κ1) is 12.8. The van der Waals surface area contributed by atoms with Crippen LogP contribution in [0.5, 0.6) is 0 Å². The van der Waals surface area contributed by atoms with Crippen LogP contribution >= 0.6 is 11.6 Å². The van der Waals surface area contributed by atoms with Crippen LogP contribution in [0.1, 0.15) is 31.8 Å². The average molecular weight is 290 g/mol. The van der Waals surface area contributed by atoms with Gasteiger partial charge in [0.25, 0.3) is 11.8 Å². The van der Waals surface area contributed by atoms with Gasteiger partial charge in [0.05, 0.1) is 11.1 Å². The molecule has 1 N–H and O–H groups in total. The van der Waals surface area contributed by atoms with Gasteiger partial charge in [0.1, 0.15) is 5.82 Å². The number of carbonyl (C=O) groups excluding carboxylic acids is 2. The van der Waals surface area contributed by atoms with Crippen molar-refractivity contribution in [2.75, 3.05) is 0 Å². The number of carbonyl (C=O) groups is 2. The third-order valence-electron chi connectivity index (χ3n) is 3.25. The molecule has 1 heterocycles. The molecule has 0 atom stereocenters. The highest BCUT2D eigenvalue weighted by Crippen LogP contribution is 2.25. The van der Waals surface area contributed by atoms with Crippen LogP contribution in [0.2, 0.25) is 5.02 Å². The smallest absolute Gasteiger partial charge is 0.259 e. The Morgan fingerprint density at radius 2 is 1.85 bits per heavy atom. The SMILES string of the molecule is O=C1NC(=O)c2c(Cc3ccc(F)cc3Cl)cccc21. The molecule has 2 aromatic carbocycles. The van der Waals surface area contributed by atoms with E-state index in [1.807, 2.05) is 0 Å². The lowest BCUT2D eigenvalue weighted by molar-refractivity contribution is 0.0879. The molecule has 20 heavy (non-hydrogen) atoms. The summed E-state index contributed by atoms with van der Waals surface area (Å²) in [7, 11) is 0. The highest BCUT2D eigenvalue weighted by molar-refractivity contribution is 6.31. The summed E-state index contributed by atoms with van der Waals surface area (Å²) < 4.78 is 13.0. The van der Waals surface area contributed by atoms with Crippen molar-refractivity contribution in [3.05, 3.63) is 69.5 Å². The van der Waals surface area contributed by atoms with Crippen LogP contribution in [0.4, 0.5) is 4.39 Å². The molecule has 3 nitrogen and oxygen atoms in total. The van der Waals surface area contributed by atoms with Gasteiger partial charge in [-0.15, -0.1) is 0 Å². The molecule has 0 fully saturated rings. The maximum absolute atomic E-state index is 13.0. The van der Waals surface area contributed by atoms with E-state index in [2.05, 4.69) is 5.32 Å². The van der Waals surface area contributed by atoms with Gasteiger partial charge in [-0.1, -0.05) is 29.8 Å². The molecule has 2 aromatic rings. The van der Waals surface area contributed by atoms with Crippen molar-refractivity contribution in [3.63, 3.8) is 0 Å². The minimum atomic E-state index is -0.412. The van der Waals surface area contributed by atoms with Gasteiger partial charge in [0.2, 0.25) is 0 Å². The summed E-state index contributed by atoms with van der Waals surface area (Å²) in [6, 6.07) is 9.19. The molecule has 0 radical (unpaired) electrons. The van der Waals surface area contributed by atoms with Crippen molar-refractivity contribution in [3.8, 4) is 0 Å². The largest absolute Gasteiger partial charge is 0.288 e. The second kappa shape index (κ2) is 4.72. The Balaban J connectivity index is 2.04. The van der Waals surface area contributed by atoms with Crippen LogP contribution < -0.4 is 5.32 Å². The fourth-order valence-electron chi connectivity index (χ4n) is 2.31. The molecule has 1 aliphatic heterocycles. The van der Waals surface area contributed by atoms with E-state index < -0.39 is 17.6 Å². The first-order valence-electron chi connectivity index (χ1n) is 5.98. The van der Waals surface area contributed by atoms with Gasteiger partial charge in [-0.05, 0) is 35.7 Å². The van der Waals surface area contributed by atoms with Crippen molar-refractivity contribution < 1.29 is 14.0 Å².